The van der Waals surface area contributed by atoms with Gasteiger partial charge in [-0.2, -0.15) is 0 Å². The maximum atomic E-state index is 11.3. The molecule has 0 bridgehead atoms. The molecule has 0 saturated carbocycles. The smallest absolute Gasteiger partial charge is 0.330 e. The lowest BCUT2D eigenvalue weighted by Crippen LogP contribution is -2.43. The minimum atomic E-state index is -0.682. The lowest BCUT2D eigenvalue weighted by Gasteiger charge is -2.34. The summed E-state index contributed by atoms with van der Waals surface area (Å²) in [5, 5.41) is 0. The number of esters is 1. The molecule has 1 saturated heterocycles. The Labute approximate surface area is 109 Å². The van der Waals surface area contributed by atoms with E-state index in [0.717, 1.165) is 25.5 Å². The monoisotopic (exact) mass is 256 g/mol. The van der Waals surface area contributed by atoms with Crippen LogP contribution in [0.1, 0.15) is 40.5 Å². The first-order valence-corrected chi connectivity index (χ1v) is 6.49. The predicted molar refractivity (Wildman–Crippen MR) is 69.4 cm³/mol. The minimum absolute atomic E-state index is 0.00390. The summed E-state index contributed by atoms with van der Waals surface area (Å²) in [7, 11) is 0. The van der Waals surface area contributed by atoms with Crippen molar-refractivity contribution in [1.82, 2.24) is 0 Å². The molecule has 1 rings (SSSR count). The van der Waals surface area contributed by atoms with Crippen molar-refractivity contribution in [1.29, 1.82) is 0 Å². The number of hydrogen-bond donors (Lipinski definition) is 0. The van der Waals surface area contributed by atoms with Crippen LogP contribution < -0.4 is 0 Å². The number of ether oxygens (including phenoxy) is 3. The predicted octanol–water partition coefficient (Wildman–Crippen LogP) is 2.47. The Bertz CT molecular complexity index is 292. The Kier molecular flexibility index (Phi) is 5.35. The summed E-state index contributed by atoms with van der Waals surface area (Å²) in [5.41, 5.74) is -0.682. The van der Waals surface area contributed by atoms with Gasteiger partial charge in [0, 0.05) is 12.7 Å². The molecule has 4 nitrogen and oxygen atoms in total. The van der Waals surface area contributed by atoms with Crippen LogP contribution in [0.4, 0.5) is 0 Å². The van der Waals surface area contributed by atoms with Gasteiger partial charge in [-0.1, -0.05) is 6.58 Å². The van der Waals surface area contributed by atoms with Crippen LogP contribution in [0.5, 0.6) is 0 Å². The van der Waals surface area contributed by atoms with Crippen molar-refractivity contribution in [3.63, 3.8) is 0 Å². The van der Waals surface area contributed by atoms with Crippen molar-refractivity contribution in [2.75, 3.05) is 6.61 Å². The molecule has 3 atom stereocenters. The Morgan fingerprint density at radius 2 is 2.17 bits per heavy atom. The SMILES string of the molecule is C=CC(=O)OC(C)(C)C(C)OC(C)C1CCCO1. The van der Waals surface area contributed by atoms with Crippen molar-refractivity contribution >= 4 is 5.97 Å². The molecule has 0 aromatic rings. The molecular weight excluding hydrogens is 232 g/mol. The maximum absolute atomic E-state index is 11.3. The topological polar surface area (TPSA) is 44.8 Å². The van der Waals surface area contributed by atoms with Gasteiger partial charge in [-0.25, -0.2) is 4.79 Å². The Hall–Kier alpha value is -0.870. The standard InChI is InChI=1S/C14H24O4/c1-6-13(15)18-14(4,5)11(3)17-10(2)12-8-7-9-16-12/h6,10-12H,1,7-9H2,2-5H3. The van der Waals surface area contributed by atoms with E-state index in [1.165, 1.54) is 0 Å². The molecule has 0 radical (unpaired) electrons. The summed E-state index contributed by atoms with van der Waals surface area (Å²) in [5.74, 6) is -0.430. The first-order chi connectivity index (χ1) is 8.36. The molecule has 0 spiro atoms. The molecule has 1 aliphatic rings. The van der Waals surface area contributed by atoms with Gasteiger partial charge in [0.25, 0.3) is 0 Å². The number of rotatable bonds is 6. The molecule has 0 aromatic carbocycles. The third-order valence-electron chi connectivity index (χ3n) is 3.42. The van der Waals surface area contributed by atoms with E-state index in [2.05, 4.69) is 6.58 Å². The Morgan fingerprint density at radius 1 is 1.50 bits per heavy atom. The molecular formula is C14H24O4. The maximum Gasteiger partial charge on any atom is 0.330 e. The average Bonchev–Trinajstić information content (AvgIpc) is 2.81. The van der Waals surface area contributed by atoms with E-state index in [1.54, 1.807) is 0 Å². The van der Waals surface area contributed by atoms with Crippen molar-refractivity contribution in [3.8, 4) is 0 Å². The van der Waals surface area contributed by atoms with Gasteiger partial charge in [0.2, 0.25) is 0 Å². The molecule has 0 aliphatic carbocycles. The third kappa shape index (κ3) is 4.10. The van der Waals surface area contributed by atoms with Crippen LogP contribution in [0.15, 0.2) is 12.7 Å². The largest absolute Gasteiger partial charge is 0.454 e. The summed E-state index contributed by atoms with van der Waals surface area (Å²) in [4.78, 5) is 11.3. The van der Waals surface area contributed by atoms with Crippen molar-refractivity contribution in [3.05, 3.63) is 12.7 Å². The highest BCUT2D eigenvalue weighted by Gasteiger charge is 2.34. The van der Waals surface area contributed by atoms with Gasteiger partial charge in [0.15, 0.2) is 0 Å². The molecule has 0 aromatic heterocycles. The lowest BCUT2D eigenvalue weighted by atomic mass is 10.0. The van der Waals surface area contributed by atoms with E-state index >= 15 is 0 Å². The molecule has 1 heterocycles. The van der Waals surface area contributed by atoms with Crippen molar-refractivity contribution in [2.24, 2.45) is 0 Å². The zero-order valence-corrected chi connectivity index (χ0v) is 11.8. The van der Waals surface area contributed by atoms with Crippen LogP contribution in [-0.4, -0.2) is 36.5 Å². The summed E-state index contributed by atoms with van der Waals surface area (Å²) >= 11 is 0. The zero-order chi connectivity index (χ0) is 13.8. The van der Waals surface area contributed by atoms with Crippen molar-refractivity contribution in [2.45, 2.75) is 64.4 Å². The van der Waals surface area contributed by atoms with E-state index in [1.807, 2.05) is 27.7 Å². The number of carbonyl (C=O) groups excluding carboxylic acids is 1. The second-order valence-electron chi connectivity index (χ2n) is 5.26. The van der Waals surface area contributed by atoms with Crippen LogP contribution in [0, 0.1) is 0 Å². The van der Waals surface area contributed by atoms with E-state index in [4.69, 9.17) is 14.2 Å². The third-order valence-corrected chi connectivity index (χ3v) is 3.42. The van der Waals surface area contributed by atoms with Crippen LogP contribution in [0.3, 0.4) is 0 Å². The molecule has 4 heteroatoms. The quantitative estimate of drug-likeness (QED) is 0.541. The lowest BCUT2D eigenvalue weighted by molar-refractivity contribution is -0.175. The van der Waals surface area contributed by atoms with Gasteiger partial charge in [0.05, 0.1) is 18.3 Å². The van der Waals surface area contributed by atoms with Gasteiger partial charge < -0.3 is 14.2 Å². The number of hydrogen-bond acceptors (Lipinski definition) is 4. The summed E-state index contributed by atoms with van der Waals surface area (Å²) in [6.45, 7) is 11.8. The fraction of sp³-hybridized carbons (Fsp3) is 0.786. The minimum Gasteiger partial charge on any atom is -0.454 e. The Balaban J connectivity index is 2.49. The second-order valence-corrected chi connectivity index (χ2v) is 5.26. The second kappa shape index (κ2) is 6.34. The highest BCUT2D eigenvalue weighted by molar-refractivity contribution is 5.81. The van der Waals surface area contributed by atoms with Crippen LogP contribution in [0.2, 0.25) is 0 Å². The van der Waals surface area contributed by atoms with Crippen LogP contribution in [0.25, 0.3) is 0 Å². The fourth-order valence-corrected chi connectivity index (χ4v) is 1.93. The molecule has 104 valence electrons. The van der Waals surface area contributed by atoms with Gasteiger partial charge in [-0.15, -0.1) is 0 Å². The molecule has 0 N–H and O–H groups in total. The van der Waals surface area contributed by atoms with Gasteiger partial charge in [-0.3, -0.25) is 0 Å². The first kappa shape index (κ1) is 15.2. The number of carbonyl (C=O) groups is 1. The first-order valence-electron chi connectivity index (χ1n) is 6.49. The van der Waals surface area contributed by atoms with Crippen LogP contribution >= 0.6 is 0 Å². The normalized spacial score (nSPS) is 23.4. The van der Waals surface area contributed by atoms with E-state index in [9.17, 15) is 4.79 Å². The van der Waals surface area contributed by atoms with Gasteiger partial charge >= 0.3 is 5.97 Å². The zero-order valence-electron chi connectivity index (χ0n) is 11.8. The Morgan fingerprint density at radius 3 is 2.67 bits per heavy atom. The van der Waals surface area contributed by atoms with E-state index < -0.39 is 11.6 Å². The van der Waals surface area contributed by atoms with Gasteiger partial charge in [0.1, 0.15) is 5.60 Å². The van der Waals surface area contributed by atoms with Gasteiger partial charge in [-0.05, 0) is 40.5 Å². The summed E-state index contributed by atoms with van der Waals surface area (Å²) in [6, 6.07) is 0. The summed E-state index contributed by atoms with van der Waals surface area (Å²) in [6.07, 6.45) is 3.23. The highest BCUT2D eigenvalue weighted by Crippen LogP contribution is 2.24. The van der Waals surface area contributed by atoms with Crippen molar-refractivity contribution < 1.29 is 19.0 Å². The highest BCUT2D eigenvalue weighted by atomic mass is 16.6. The molecule has 1 aliphatic heterocycles. The van der Waals surface area contributed by atoms with E-state index in [-0.39, 0.29) is 18.3 Å². The molecule has 3 unspecified atom stereocenters. The van der Waals surface area contributed by atoms with Crippen LogP contribution in [-0.2, 0) is 19.0 Å². The molecule has 1 fully saturated rings. The average molecular weight is 256 g/mol. The molecule has 0 amide bonds. The summed E-state index contributed by atoms with van der Waals surface area (Å²) < 4.78 is 16.8. The van der Waals surface area contributed by atoms with E-state index in [0.29, 0.717) is 0 Å². The molecule has 18 heavy (non-hydrogen) atoms. The fourth-order valence-electron chi connectivity index (χ4n) is 1.93.